The predicted octanol–water partition coefficient (Wildman–Crippen LogP) is 6.24. The van der Waals surface area contributed by atoms with E-state index >= 15 is 0 Å². The highest BCUT2D eigenvalue weighted by Crippen LogP contribution is 2.42. The number of aromatic nitrogens is 3. The predicted molar refractivity (Wildman–Crippen MR) is 126 cm³/mol. The number of phenolic OH excluding ortho intramolecular Hbond substituents is 1. The number of hydrogen-bond donors (Lipinski definition) is 3. The molecule has 0 bridgehead atoms. The van der Waals surface area contributed by atoms with E-state index in [9.17, 15) is 5.11 Å². The van der Waals surface area contributed by atoms with Crippen LogP contribution in [0, 0.1) is 6.92 Å². The van der Waals surface area contributed by atoms with Crippen molar-refractivity contribution in [2.75, 3.05) is 5.73 Å². The van der Waals surface area contributed by atoms with Crippen molar-refractivity contribution < 1.29 is 9.84 Å². The van der Waals surface area contributed by atoms with Crippen LogP contribution in [0.15, 0.2) is 35.7 Å². The second-order valence-electron chi connectivity index (χ2n) is 7.02. The fraction of sp³-hybridized carbons (Fsp3) is 0.182. The minimum absolute atomic E-state index is 0.0551. The molecule has 9 heteroatoms. The van der Waals surface area contributed by atoms with Gasteiger partial charge in [-0.25, -0.2) is 4.98 Å². The average molecular weight is 475 g/mol. The molecule has 4 rings (SSSR count). The molecule has 0 saturated heterocycles. The molecule has 0 aliphatic rings. The molecule has 0 aliphatic heterocycles. The third kappa shape index (κ3) is 4.35. The minimum atomic E-state index is 0.0551. The summed E-state index contributed by atoms with van der Waals surface area (Å²) >= 11 is 13.5. The third-order valence-electron chi connectivity index (χ3n) is 4.83. The van der Waals surface area contributed by atoms with Gasteiger partial charge in [0, 0.05) is 22.7 Å². The van der Waals surface area contributed by atoms with Crippen molar-refractivity contribution in [3.8, 4) is 33.3 Å². The number of nitrogen functional groups attached to an aromatic ring is 1. The van der Waals surface area contributed by atoms with Crippen LogP contribution in [0.5, 0.6) is 11.5 Å². The van der Waals surface area contributed by atoms with E-state index in [0.717, 1.165) is 21.8 Å². The van der Waals surface area contributed by atoms with Gasteiger partial charge in [-0.3, -0.25) is 5.10 Å². The van der Waals surface area contributed by atoms with Gasteiger partial charge in [0.25, 0.3) is 0 Å². The largest absolute Gasteiger partial charge is 0.507 e. The molecule has 0 radical (unpaired) electrons. The van der Waals surface area contributed by atoms with Crippen LogP contribution >= 0.6 is 34.5 Å². The van der Waals surface area contributed by atoms with Gasteiger partial charge < -0.3 is 15.6 Å². The molecule has 0 atom stereocenters. The summed E-state index contributed by atoms with van der Waals surface area (Å²) in [6, 6.07) is 8.84. The SMILES string of the molecule is CCc1cc(-c2[nH]nc(N)c2-c2nc(C)cs2)c(O)cc1OCc1ccc(Cl)c(Cl)c1. The highest BCUT2D eigenvalue weighted by atomic mass is 35.5. The Labute approximate surface area is 193 Å². The second kappa shape index (κ2) is 8.78. The van der Waals surface area contributed by atoms with Crippen LogP contribution in [-0.4, -0.2) is 20.3 Å². The monoisotopic (exact) mass is 474 g/mol. The molecule has 0 saturated carbocycles. The number of thiazole rings is 1. The van der Waals surface area contributed by atoms with Crippen LogP contribution in [0.25, 0.3) is 21.8 Å². The van der Waals surface area contributed by atoms with Crippen LogP contribution in [0.2, 0.25) is 10.0 Å². The Kier molecular flexibility index (Phi) is 6.09. The number of aryl methyl sites for hydroxylation is 2. The normalized spacial score (nSPS) is 11.1. The standard InChI is InChI=1S/C22H20Cl2N4O2S/c1-3-13-7-14(20-19(21(25)28-27-20)22-26-11(2)10-31-22)17(29)8-18(13)30-9-12-4-5-15(23)16(24)6-12/h4-8,10,29H,3,9H2,1-2H3,(H3,25,27,28). The molecule has 4 aromatic rings. The lowest BCUT2D eigenvalue weighted by atomic mass is 10.0. The molecule has 0 amide bonds. The van der Waals surface area contributed by atoms with E-state index in [1.807, 2.05) is 31.4 Å². The van der Waals surface area contributed by atoms with E-state index in [4.69, 9.17) is 33.7 Å². The topological polar surface area (TPSA) is 97.1 Å². The van der Waals surface area contributed by atoms with Crippen LogP contribution in [0.1, 0.15) is 23.7 Å². The number of aromatic amines is 1. The van der Waals surface area contributed by atoms with Gasteiger partial charge >= 0.3 is 0 Å². The number of anilines is 1. The van der Waals surface area contributed by atoms with Crippen molar-refractivity contribution >= 4 is 40.4 Å². The van der Waals surface area contributed by atoms with Crippen LogP contribution in [-0.2, 0) is 13.0 Å². The number of halogens is 2. The lowest BCUT2D eigenvalue weighted by Crippen LogP contribution is -1.99. The van der Waals surface area contributed by atoms with Crippen molar-refractivity contribution in [3.05, 3.63) is 62.6 Å². The summed E-state index contributed by atoms with van der Waals surface area (Å²) < 4.78 is 5.98. The summed E-state index contributed by atoms with van der Waals surface area (Å²) in [5.41, 5.74) is 10.7. The van der Waals surface area contributed by atoms with E-state index in [1.165, 1.54) is 11.3 Å². The molecule has 160 valence electrons. The number of hydrogen-bond acceptors (Lipinski definition) is 6. The first kappa shape index (κ1) is 21.5. The Morgan fingerprint density at radius 3 is 2.68 bits per heavy atom. The molecule has 4 N–H and O–H groups in total. The zero-order valence-corrected chi connectivity index (χ0v) is 19.2. The molecule has 0 spiro atoms. The summed E-state index contributed by atoms with van der Waals surface area (Å²) in [6.45, 7) is 4.24. The minimum Gasteiger partial charge on any atom is -0.507 e. The number of nitrogens with two attached hydrogens (primary N) is 1. The molecule has 2 aromatic carbocycles. The molecular weight excluding hydrogens is 455 g/mol. The average Bonchev–Trinajstić information content (AvgIpc) is 3.34. The van der Waals surface area contributed by atoms with Gasteiger partial charge in [-0.2, -0.15) is 5.10 Å². The number of ether oxygens (including phenoxy) is 1. The zero-order chi connectivity index (χ0) is 22.1. The number of nitrogens with one attached hydrogen (secondary N) is 1. The number of benzene rings is 2. The van der Waals surface area contributed by atoms with Gasteiger partial charge in [-0.15, -0.1) is 11.3 Å². The number of nitrogens with zero attached hydrogens (tertiary/aromatic N) is 2. The van der Waals surface area contributed by atoms with Gasteiger partial charge in [0.1, 0.15) is 23.1 Å². The van der Waals surface area contributed by atoms with E-state index in [2.05, 4.69) is 15.2 Å². The quantitative estimate of drug-likeness (QED) is 0.307. The van der Waals surface area contributed by atoms with Crippen LogP contribution in [0.3, 0.4) is 0 Å². The first-order valence-electron chi connectivity index (χ1n) is 9.56. The highest BCUT2D eigenvalue weighted by Gasteiger charge is 2.21. The summed E-state index contributed by atoms with van der Waals surface area (Å²) in [6.07, 6.45) is 0.708. The Morgan fingerprint density at radius 1 is 1.19 bits per heavy atom. The Morgan fingerprint density at radius 2 is 2.00 bits per heavy atom. The molecule has 31 heavy (non-hydrogen) atoms. The first-order valence-corrected chi connectivity index (χ1v) is 11.2. The Balaban J connectivity index is 1.68. The van der Waals surface area contributed by atoms with Gasteiger partial charge in [0.05, 0.1) is 21.3 Å². The van der Waals surface area contributed by atoms with Gasteiger partial charge in [0.2, 0.25) is 0 Å². The van der Waals surface area contributed by atoms with Gasteiger partial charge in [0.15, 0.2) is 5.82 Å². The highest BCUT2D eigenvalue weighted by molar-refractivity contribution is 7.13. The smallest absolute Gasteiger partial charge is 0.156 e. The molecule has 0 fully saturated rings. The molecular formula is C22H20Cl2N4O2S. The number of H-pyrrole nitrogens is 1. The summed E-state index contributed by atoms with van der Waals surface area (Å²) in [4.78, 5) is 4.52. The van der Waals surface area contributed by atoms with Crippen LogP contribution in [0.4, 0.5) is 5.82 Å². The number of phenols is 1. The number of rotatable bonds is 6. The summed E-state index contributed by atoms with van der Waals surface area (Å²) in [5.74, 6) is 0.982. The fourth-order valence-electron chi connectivity index (χ4n) is 3.25. The van der Waals surface area contributed by atoms with Crippen molar-refractivity contribution in [2.24, 2.45) is 0 Å². The zero-order valence-electron chi connectivity index (χ0n) is 16.9. The third-order valence-corrected chi connectivity index (χ3v) is 6.55. The van der Waals surface area contributed by atoms with Crippen LogP contribution < -0.4 is 10.5 Å². The van der Waals surface area contributed by atoms with Gasteiger partial charge in [-0.1, -0.05) is 36.2 Å². The molecule has 0 unspecified atom stereocenters. The molecule has 0 aliphatic carbocycles. The van der Waals surface area contributed by atoms with E-state index in [1.54, 1.807) is 18.2 Å². The van der Waals surface area contributed by atoms with Crippen molar-refractivity contribution in [1.29, 1.82) is 0 Å². The van der Waals surface area contributed by atoms with E-state index in [0.29, 0.717) is 51.5 Å². The van der Waals surface area contributed by atoms with E-state index in [-0.39, 0.29) is 5.75 Å². The maximum Gasteiger partial charge on any atom is 0.156 e. The lowest BCUT2D eigenvalue weighted by Gasteiger charge is -2.14. The Bertz CT molecular complexity index is 1250. The summed E-state index contributed by atoms with van der Waals surface area (Å²) in [7, 11) is 0. The second-order valence-corrected chi connectivity index (χ2v) is 8.69. The van der Waals surface area contributed by atoms with Gasteiger partial charge in [-0.05, 0) is 42.7 Å². The van der Waals surface area contributed by atoms with Crippen molar-refractivity contribution in [1.82, 2.24) is 15.2 Å². The lowest BCUT2D eigenvalue weighted by molar-refractivity contribution is 0.301. The maximum absolute atomic E-state index is 10.8. The van der Waals surface area contributed by atoms with E-state index < -0.39 is 0 Å². The Hall–Kier alpha value is -2.74. The first-order chi connectivity index (χ1) is 14.9. The summed E-state index contributed by atoms with van der Waals surface area (Å²) in [5, 5.41) is 21.5. The molecule has 2 heterocycles. The molecule has 2 aromatic heterocycles. The van der Waals surface area contributed by atoms with Crippen molar-refractivity contribution in [2.45, 2.75) is 26.9 Å². The maximum atomic E-state index is 10.8. The van der Waals surface area contributed by atoms with Crippen molar-refractivity contribution in [3.63, 3.8) is 0 Å². The number of aromatic hydroxyl groups is 1. The fourth-order valence-corrected chi connectivity index (χ4v) is 4.43. The molecule has 6 nitrogen and oxygen atoms in total.